The monoisotopic (exact) mass is 369 g/mol. The van der Waals surface area contributed by atoms with Gasteiger partial charge in [0.2, 0.25) is 5.91 Å². The fraction of sp³-hybridized carbons (Fsp3) is 0.200. The number of hydrogen-bond acceptors (Lipinski definition) is 4. The predicted octanol–water partition coefficient (Wildman–Crippen LogP) is 3.68. The third kappa shape index (κ3) is 2.65. The fourth-order valence-corrected chi connectivity index (χ4v) is 3.69. The van der Waals surface area contributed by atoms with Gasteiger partial charge in [-0.2, -0.15) is 0 Å². The number of amides is 1. The van der Waals surface area contributed by atoms with E-state index >= 15 is 0 Å². The summed E-state index contributed by atoms with van der Waals surface area (Å²) >= 11 is 5.95. The largest absolute Gasteiger partial charge is 0.496 e. The van der Waals surface area contributed by atoms with Crippen LogP contribution >= 0.6 is 11.6 Å². The van der Waals surface area contributed by atoms with Gasteiger partial charge in [-0.3, -0.25) is 9.69 Å². The summed E-state index contributed by atoms with van der Waals surface area (Å²) < 4.78 is 10.7. The Morgan fingerprint density at radius 3 is 2.58 bits per heavy atom. The van der Waals surface area contributed by atoms with Crippen molar-refractivity contribution in [3.05, 3.63) is 70.4 Å². The number of carbonyl (C=O) groups is 2. The predicted molar refractivity (Wildman–Crippen MR) is 97.3 cm³/mol. The van der Waals surface area contributed by atoms with Crippen LogP contribution in [0.25, 0.3) is 0 Å². The van der Waals surface area contributed by atoms with Gasteiger partial charge in [0.05, 0.1) is 18.4 Å². The lowest BCUT2D eigenvalue weighted by atomic mass is 9.83. The van der Waals surface area contributed by atoms with Gasteiger partial charge in [-0.05, 0) is 30.3 Å². The molecule has 1 amide bonds. The van der Waals surface area contributed by atoms with Crippen LogP contribution in [0, 0.1) is 0 Å². The van der Waals surface area contributed by atoms with E-state index in [1.807, 2.05) is 24.3 Å². The Morgan fingerprint density at radius 1 is 1.12 bits per heavy atom. The molecule has 2 aromatic rings. The summed E-state index contributed by atoms with van der Waals surface area (Å²) in [7, 11) is 1.58. The van der Waals surface area contributed by atoms with Crippen LogP contribution in [0.4, 0.5) is 5.69 Å². The number of ether oxygens (including phenoxy) is 2. The molecule has 132 valence electrons. The van der Waals surface area contributed by atoms with Crippen molar-refractivity contribution in [1.29, 1.82) is 0 Å². The van der Waals surface area contributed by atoms with Crippen molar-refractivity contribution in [2.75, 3.05) is 18.6 Å². The van der Waals surface area contributed by atoms with Crippen LogP contribution in [0.15, 0.2) is 59.8 Å². The average molecular weight is 370 g/mol. The number of hydrogen-bond donors (Lipinski definition) is 0. The van der Waals surface area contributed by atoms with Crippen LogP contribution in [-0.2, 0) is 14.3 Å². The molecule has 2 aromatic carbocycles. The number of methoxy groups -OCH3 is 1. The molecular formula is C20H16ClNO4. The number of para-hydroxylation sites is 1. The van der Waals surface area contributed by atoms with E-state index in [4.69, 9.17) is 21.1 Å². The number of carbonyl (C=O) groups excluding carboxylic acids is 2. The second kappa shape index (κ2) is 6.50. The molecule has 0 saturated carbocycles. The number of rotatable bonds is 3. The zero-order valence-electron chi connectivity index (χ0n) is 14.1. The van der Waals surface area contributed by atoms with E-state index in [1.165, 1.54) is 0 Å². The highest BCUT2D eigenvalue weighted by Crippen LogP contribution is 2.44. The Balaban J connectivity index is 1.84. The zero-order chi connectivity index (χ0) is 18.3. The van der Waals surface area contributed by atoms with Gasteiger partial charge in [-0.25, -0.2) is 4.79 Å². The normalized spacial score (nSPS) is 19.5. The molecule has 0 bridgehead atoms. The van der Waals surface area contributed by atoms with E-state index in [9.17, 15) is 9.59 Å². The minimum absolute atomic E-state index is 0.0776. The Labute approximate surface area is 155 Å². The average Bonchev–Trinajstić information content (AvgIpc) is 3.04. The van der Waals surface area contributed by atoms with E-state index < -0.39 is 0 Å². The first kappa shape index (κ1) is 16.7. The zero-order valence-corrected chi connectivity index (χ0v) is 14.8. The molecule has 5 nitrogen and oxygen atoms in total. The van der Waals surface area contributed by atoms with E-state index in [-0.39, 0.29) is 30.8 Å². The number of benzene rings is 2. The van der Waals surface area contributed by atoms with Gasteiger partial charge in [-0.15, -0.1) is 0 Å². The van der Waals surface area contributed by atoms with Crippen molar-refractivity contribution in [2.24, 2.45) is 0 Å². The highest BCUT2D eigenvalue weighted by atomic mass is 35.5. The summed E-state index contributed by atoms with van der Waals surface area (Å²) in [5.74, 6) is -0.216. The molecule has 26 heavy (non-hydrogen) atoms. The number of halogens is 1. The van der Waals surface area contributed by atoms with Crippen LogP contribution in [0.3, 0.4) is 0 Å². The fourth-order valence-electron chi connectivity index (χ4n) is 3.56. The molecular weight excluding hydrogens is 354 g/mol. The lowest BCUT2D eigenvalue weighted by molar-refractivity contribution is -0.136. The minimum atomic E-state index is -0.387. The maximum absolute atomic E-state index is 13.0. The summed E-state index contributed by atoms with van der Waals surface area (Å²) in [6, 6.07) is 14.4. The maximum atomic E-state index is 13.0. The minimum Gasteiger partial charge on any atom is -0.496 e. The Kier molecular flexibility index (Phi) is 4.17. The highest BCUT2D eigenvalue weighted by Gasteiger charge is 2.43. The first-order valence-corrected chi connectivity index (χ1v) is 8.59. The van der Waals surface area contributed by atoms with Crippen molar-refractivity contribution >= 4 is 29.2 Å². The first-order valence-electron chi connectivity index (χ1n) is 8.21. The van der Waals surface area contributed by atoms with E-state index in [2.05, 4.69) is 0 Å². The second-order valence-electron chi connectivity index (χ2n) is 6.14. The summed E-state index contributed by atoms with van der Waals surface area (Å²) in [6.45, 7) is 0.0776. The Hall–Kier alpha value is -2.79. The number of nitrogens with zero attached hydrogens (tertiary/aromatic N) is 1. The molecule has 0 spiro atoms. The molecule has 0 fully saturated rings. The van der Waals surface area contributed by atoms with Gasteiger partial charge in [0, 0.05) is 28.6 Å². The van der Waals surface area contributed by atoms with Crippen molar-refractivity contribution < 1.29 is 19.1 Å². The molecule has 0 unspecified atom stereocenters. The molecule has 0 aromatic heterocycles. The van der Waals surface area contributed by atoms with Gasteiger partial charge >= 0.3 is 5.97 Å². The van der Waals surface area contributed by atoms with E-state index in [0.717, 1.165) is 5.56 Å². The van der Waals surface area contributed by atoms with E-state index in [1.54, 1.807) is 36.3 Å². The number of esters is 1. The Morgan fingerprint density at radius 2 is 1.85 bits per heavy atom. The van der Waals surface area contributed by atoms with Crippen LogP contribution in [0.1, 0.15) is 17.9 Å². The quantitative estimate of drug-likeness (QED) is 0.774. The Bertz CT molecular complexity index is 920. The molecule has 2 aliphatic heterocycles. The van der Waals surface area contributed by atoms with Gasteiger partial charge in [0.25, 0.3) is 0 Å². The van der Waals surface area contributed by atoms with Gasteiger partial charge in [0.1, 0.15) is 12.4 Å². The van der Waals surface area contributed by atoms with Crippen LogP contribution in [-0.4, -0.2) is 25.6 Å². The molecule has 0 radical (unpaired) electrons. The molecule has 4 rings (SSSR count). The first-order chi connectivity index (χ1) is 12.6. The molecule has 6 heteroatoms. The highest BCUT2D eigenvalue weighted by molar-refractivity contribution is 6.30. The van der Waals surface area contributed by atoms with Gasteiger partial charge in [0.15, 0.2) is 0 Å². The van der Waals surface area contributed by atoms with Crippen molar-refractivity contribution in [3.63, 3.8) is 0 Å². The lowest BCUT2D eigenvalue weighted by Crippen LogP contribution is -2.37. The number of anilines is 1. The lowest BCUT2D eigenvalue weighted by Gasteiger charge is -2.32. The van der Waals surface area contributed by atoms with E-state index in [0.29, 0.717) is 27.7 Å². The van der Waals surface area contributed by atoms with Crippen molar-refractivity contribution in [2.45, 2.75) is 12.3 Å². The standard InChI is InChI=1S/C20H16ClNO4/c1-25-17-5-3-2-4-14(17)15-10-18(23)22(13-8-6-12(21)7-9-13)16-11-26-20(24)19(15)16/h2-9,15H,10-11H2,1H3/t15-/m1/s1. The third-order valence-electron chi connectivity index (χ3n) is 4.72. The SMILES string of the molecule is COc1ccccc1[C@H]1CC(=O)N(c2ccc(Cl)cc2)C2=C1C(=O)OC2. The molecule has 0 N–H and O–H groups in total. The number of cyclic esters (lactones) is 1. The molecule has 0 aliphatic carbocycles. The van der Waals surface area contributed by atoms with Crippen molar-refractivity contribution in [3.8, 4) is 5.75 Å². The molecule has 2 heterocycles. The topological polar surface area (TPSA) is 55.8 Å². The smallest absolute Gasteiger partial charge is 0.336 e. The van der Waals surface area contributed by atoms with Crippen molar-refractivity contribution in [1.82, 2.24) is 0 Å². The summed E-state index contributed by atoms with van der Waals surface area (Å²) in [6.07, 6.45) is 0.164. The molecule has 2 aliphatic rings. The third-order valence-corrected chi connectivity index (χ3v) is 4.97. The second-order valence-corrected chi connectivity index (χ2v) is 6.58. The summed E-state index contributed by atoms with van der Waals surface area (Å²) in [5, 5.41) is 0.582. The summed E-state index contributed by atoms with van der Waals surface area (Å²) in [4.78, 5) is 27.0. The van der Waals surface area contributed by atoms with Crippen LogP contribution < -0.4 is 9.64 Å². The van der Waals surface area contributed by atoms with Crippen LogP contribution in [0.5, 0.6) is 5.75 Å². The molecule has 0 saturated heterocycles. The van der Waals surface area contributed by atoms with Crippen LogP contribution in [0.2, 0.25) is 5.02 Å². The van der Waals surface area contributed by atoms with Gasteiger partial charge < -0.3 is 9.47 Å². The molecule has 1 atom stereocenters. The maximum Gasteiger partial charge on any atom is 0.336 e. The van der Waals surface area contributed by atoms with Gasteiger partial charge in [-0.1, -0.05) is 29.8 Å². The summed E-state index contributed by atoms with van der Waals surface area (Å²) in [5.41, 5.74) is 2.59.